The van der Waals surface area contributed by atoms with Crippen LogP contribution in [0.5, 0.6) is 0 Å². The smallest absolute Gasteiger partial charge is 0.179 e. The van der Waals surface area contributed by atoms with Crippen LogP contribution in [0.15, 0.2) is 16.6 Å². The van der Waals surface area contributed by atoms with Gasteiger partial charge in [0.25, 0.3) is 0 Å². The lowest BCUT2D eigenvalue weighted by Crippen LogP contribution is -2.26. The summed E-state index contributed by atoms with van der Waals surface area (Å²) in [6, 6.07) is 1.15. The number of hydrogen-bond acceptors (Lipinski definition) is 2. The molecule has 1 aromatic rings. The van der Waals surface area contributed by atoms with Crippen molar-refractivity contribution < 1.29 is 13.6 Å². The Balaban J connectivity index is 3.19. The number of halogens is 3. The molecule has 0 radical (unpaired) electrons. The van der Waals surface area contributed by atoms with Crippen LogP contribution in [-0.2, 0) is 0 Å². The molecule has 0 aliphatic carbocycles. The second-order valence-corrected chi connectivity index (χ2v) is 3.70. The van der Waals surface area contributed by atoms with E-state index in [0.717, 1.165) is 12.1 Å². The molecule has 0 aliphatic rings. The van der Waals surface area contributed by atoms with Gasteiger partial charge in [-0.2, -0.15) is 0 Å². The number of nitrogens with two attached hydrogens (primary N) is 1. The van der Waals surface area contributed by atoms with Gasteiger partial charge in [-0.15, -0.1) is 0 Å². The molecule has 0 saturated carbocycles. The molecule has 2 N–H and O–H groups in total. The summed E-state index contributed by atoms with van der Waals surface area (Å²) >= 11 is 2.71. The summed E-state index contributed by atoms with van der Waals surface area (Å²) < 4.78 is 25.7. The molecule has 0 aromatic heterocycles. The minimum absolute atomic E-state index is 0.0572. The summed E-state index contributed by atoms with van der Waals surface area (Å²) in [5, 5.41) is 0. The van der Waals surface area contributed by atoms with Gasteiger partial charge in [0.15, 0.2) is 5.78 Å². The number of rotatable bonds is 2. The normalized spacial score (nSPS) is 12.6. The standard InChI is InChI=1S/C9H8BrF2NO/c1-4(13)9(14)5-2-6(11)8(10)7(12)3-5/h2-4H,13H2,1H3. The molecule has 76 valence electrons. The Morgan fingerprint density at radius 2 is 1.86 bits per heavy atom. The molecule has 0 aliphatic heterocycles. The average Bonchev–Trinajstić information content (AvgIpc) is 2.12. The summed E-state index contributed by atoms with van der Waals surface area (Å²) in [5.41, 5.74) is 5.24. The van der Waals surface area contributed by atoms with Crippen LogP contribution in [0.4, 0.5) is 8.78 Å². The van der Waals surface area contributed by atoms with Crippen LogP contribution in [0.2, 0.25) is 0 Å². The lowest BCUT2D eigenvalue weighted by Gasteiger charge is -2.05. The van der Waals surface area contributed by atoms with E-state index in [1.54, 1.807) is 0 Å². The van der Waals surface area contributed by atoms with Crippen molar-refractivity contribution in [3.05, 3.63) is 33.8 Å². The molecule has 1 aromatic carbocycles. The highest BCUT2D eigenvalue weighted by Crippen LogP contribution is 2.21. The molecule has 1 unspecified atom stereocenters. The predicted molar refractivity (Wildman–Crippen MR) is 52.0 cm³/mol. The van der Waals surface area contributed by atoms with Gasteiger partial charge in [0.05, 0.1) is 10.5 Å². The molecule has 5 heteroatoms. The van der Waals surface area contributed by atoms with Gasteiger partial charge in [-0.25, -0.2) is 8.78 Å². The topological polar surface area (TPSA) is 43.1 Å². The number of benzene rings is 1. The van der Waals surface area contributed by atoms with Crippen molar-refractivity contribution in [1.29, 1.82) is 0 Å². The van der Waals surface area contributed by atoms with E-state index >= 15 is 0 Å². The number of Topliss-reactive ketones (excluding diaryl/α,β-unsaturated/α-hetero) is 1. The third-order valence-electron chi connectivity index (χ3n) is 1.68. The molecular formula is C9H8BrF2NO. The van der Waals surface area contributed by atoms with E-state index < -0.39 is 23.5 Å². The van der Waals surface area contributed by atoms with E-state index in [1.165, 1.54) is 6.92 Å². The maximum absolute atomic E-state index is 13.0. The monoisotopic (exact) mass is 263 g/mol. The predicted octanol–water partition coefficient (Wildman–Crippen LogP) is 2.26. The zero-order valence-electron chi connectivity index (χ0n) is 7.35. The molecule has 0 spiro atoms. The fourth-order valence-electron chi connectivity index (χ4n) is 0.961. The van der Waals surface area contributed by atoms with Crippen LogP contribution < -0.4 is 5.73 Å². The maximum atomic E-state index is 13.0. The zero-order valence-corrected chi connectivity index (χ0v) is 8.94. The lowest BCUT2D eigenvalue weighted by atomic mass is 10.1. The van der Waals surface area contributed by atoms with E-state index in [0.29, 0.717) is 0 Å². The van der Waals surface area contributed by atoms with Gasteiger partial charge in [0, 0.05) is 5.56 Å². The molecule has 0 fully saturated rings. The average molecular weight is 264 g/mol. The van der Waals surface area contributed by atoms with Crippen molar-refractivity contribution in [3.8, 4) is 0 Å². The summed E-state index contributed by atoms with van der Waals surface area (Å²) in [7, 11) is 0. The minimum Gasteiger partial charge on any atom is -0.321 e. The van der Waals surface area contributed by atoms with Crippen molar-refractivity contribution in [3.63, 3.8) is 0 Å². The van der Waals surface area contributed by atoms with Gasteiger partial charge in [-0.1, -0.05) is 0 Å². The SMILES string of the molecule is CC(N)C(=O)c1cc(F)c(Br)c(F)c1. The highest BCUT2D eigenvalue weighted by atomic mass is 79.9. The van der Waals surface area contributed by atoms with Crippen LogP contribution in [0.3, 0.4) is 0 Å². The quantitative estimate of drug-likeness (QED) is 0.657. The van der Waals surface area contributed by atoms with Gasteiger partial charge in [0.2, 0.25) is 0 Å². The van der Waals surface area contributed by atoms with Crippen LogP contribution in [0, 0.1) is 11.6 Å². The molecule has 0 amide bonds. The first kappa shape index (κ1) is 11.3. The summed E-state index contributed by atoms with van der Waals surface area (Å²) in [6.07, 6.45) is 0. The van der Waals surface area contributed by atoms with E-state index in [4.69, 9.17) is 5.73 Å². The molecule has 0 saturated heterocycles. The van der Waals surface area contributed by atoms with Crippen molar-refractivity contribution in [2.24, 2.45) is 5.73 Å². The van der Waals surface area contributed by atoms with Crippen LogP contribution >= 0.6 is 15.9 Å². The first-order valence-electron chi connectivity index (χ1n) is 3.88. The molecule has 0 heterocycles. The van der Waals surface area contributed by atoms with Crippen LogP contribution in [0.25, 0.3) is 0 Å². The minimum atomic E-state index is -0.811. The second-order valence-electron chi connectivity index (χ2n) is 2.91. The molecule has 0 bridgehead atoms. The largest absolute Gasteiger partial charge is 0.321 e. The van der Waals surface area contributed by atoms with Crippen LogP contribution in [-0.4, -0.2) is 11.8 Å². The summed E-state index contributed by atoms with van der Waals surface area (Å²) in [4.78, 5) is 11.3. The summed E-state index contributed by atoms with van der Waals surface area (Å²) in [6.45, 7) is 1.46. The van der Waals surface area contributed by atoms with Crippen molar-refractivity contribution in [2.45, 2.75) is 13.0 Å². The third-order valence-corrected chi connectivity index (χ3v) is 2.44. The zero-order chi connectivity index (χ0) is 10.9. The van der Waals surface area contributed by atoms with E-state index in [9.17, 15) is 13.6 Å². The Bertz CT molecular complexity index is 356. The molecular weight excluding hydrogens is 256 g/mol. The fraction of sp³-hybridized carbons (Fsp3) is 0.222. The Hall–Kier alpha value is -0.810. The second kappa shape index (κ2) is 4.14. The number of ketones is 1. The molecule has 2 nitrogen and oxygen atoms in total. The van der Waals surface area contributed by atoms with Crippen LogP contribution in [0.1, 0.15) is 17.3 Å². The Kier molecular flexibility index (Phi) is 3.34. The third kappa shape index (κ3) is 2.16. The number of carbonyl (C=O) groups excluding carboxylic acids is 1. The van der Waals surface area contributed by atoms with Gasteiger partial charge >= 0.3 is 0 Å². The van der Waals surface area contributed by atoms with Gasteiger partial charge < -0.3 is 5.73 Å². The Morgan fingerprint density at radius 1 is 1.43 bits per heavy atom. The van der Waals surface area contributed by atoms with Crippen molar-refractivity contribution in [1.82, 2.24) is 0 Å². The molecule has 1 atom stereocenters. The molecule has 14 heavy (non-hydrogen) atoms. The molecule has 1 rings (SSSR count). The number of hydrogen-bond donors (Lipinski definition) is 1. The maximum Gasteiger partial charge on any atom is 0.179 e. The highest BCUT2D eigenvalue weighted by molar-refractivity contribution is 9.10. The number of carbonyl (C=O) groups is 1. The van der Waals surface area contributed by atoms with E-state index in [-0.39, 0.29) is 10.0 Å². The fourth-order valence-corrected chi connectivity index (χ4v) is 1.19. The first-order chi connectivity index (χ1) is 6.43. The summed E-state index contributed by atoms with van der Waals surface area (Å²) in [5.74, 6) is -2.11. The highest BCUT2D eigenvalue weighted by Gasteiger charge is 2.15. The Morgan fingerprint density at radius 3 is 2.21 bits per heavy atom. The van der Waals surface area contributed by atoms with E-state index in [2.05, 4.69) is 15.9 Å². The van der Waals surface area contributed by atoms with Crippen molar-refractivity contribution in [2.75, 3.05) is 0 Å². The Labute approximate surface area is 88.2 Å². The van der Waals surface area contributed by atoms with Gasteiger partial charge in [0.1, 0.15) is 11.6 Å². The lowest BCUT2D eigenvalue weighted by molar-refractivity contribution is 0.0967. The van der Waals surface area contributed by atoms with Gasteiger partial charge in [-0.3, -0.25) is 4.79 Å². The van der Waals surface area contributed by atoms with Gasteiger partial charge in [-0.05, 0) is 35.0 Å². The van der Waals surface area contributed by atoms with Crippen molar-refractivity contribution >= 4 is 21.7 Å². The first-order valence-corrected chi connectivity index (χ1v) is 4.67. The van der Waals surface area contributed by atoms with E-state index in [1.807, 2.05) is 0 Å².